The molecular weight excluding hydrogens is 288 g/mol. The predicted molar refractivity (Wildman–Crippen MR) is 89.8 cm³/mol. The van der Waals surface area contributed by atoms with E-state index >= 15 is 0 Å². The first kappa shape index (κ1) is 20.7. The van der Waals surface area contributed by atoms with Crippen LogP contribution < -0.4 is 5.73 Å². The van der Waals surface area contributed by atoms with E-state index in [1.165, 1.54) is 6.42 Å². The smallest absolute Gasteiger partial charge is 0.230 e. The lowest BCUT2D eigenvalue weighted by molar-refractivity contribution is -0.145. The van der Waals surface area contributed by atoms with Crippen molar-refractivity contribution in [1.29, 1.82) is 0 Å². The van der Waals surface area contributed by atoms with Crippen LogP contribution in [0.25, 0.3) is 0 Å². The highest BCUT2D eigenvalue weighted by Crippen LogP contribution is 2.28. The fourth-order valence-corrected chi connectivity index (χ4v) is 3.01. The van der Waals surface area contributed by atoms with Gasteiger partial charge in [-0.25, -0.2) is 0 Å². The molecule has 0 spiro atoms. The van der Waals surface area contributed by atoms with E-state index < -0.39 is 0 Å². The predicted octanol–water partition coefficient (Wildman–Crippen LogP) is 2.98. The minimum absolute atomic E-state index is 0. The molecule has 0 radical (unpaired) electrons. The normalized spacial score (nSPS) is 19.0. The van der Waals surface area contributed by atoms with Crippen LogP contribution in [0, 0.1) is 5.41 Å². The minimum Gasteiger partial charge on any atom is -0.376 e. The number of nitrogens with two attached hydrogens (primary N) is 1. The number of hydrogen-bond acceptors (Lipinski definition) is 3. The van der Waals surface area contributed by atoms with Crippen LogP contribution in [0.15, 0.2) is 0 Å². The number of ether oxygens (including phenoxy) is 1. The van der Waals surface area contributed by atoms with Crippen molar-refractivity contribution in [3.63, 3.8) is 0 Å². The van der Waals surface area contributed by atoms with Crippen LogP contribution in [0.5, 0.6) is 0 Å². The first-order valence-corrected chi connectivity index (χ1v) is 8.24. The van der Waals surface area contributed by atoms with Crippen molar-refractivity contribution in [3.8, 4) is 0 Å². The van der Waals surface area contributed by atoms with Crippen molar-refractivity contribution in [2.45, 2.75) is 65.4 Å². The zero-order valence-electron chi connectivity index (χ0n) is 13.9. The quantitative estimate of drug-likeness (QED) is 0.748. The molecule has 5 heteroatoms. The summed E-state index contributed by atoms with van der Waals surface area (Å²) >= 11 is 0. The van der Waals surface area contributed by atoms with Gasteiger partial charge in [-0.05, 0) is 38.5 Å². The maximum atomic E-state index is 12.9. The van der Waals surface area contributed by atoms with E-state index in [2.05, 4.69) is 20.8 Å². The molecule has 1 atom stereocenters. The number of amides is 1. The van der Waals surface area contributed by atoms with E-state index in [4.69, 9.17) is 10.5 Å². The van der Waals surface area contributed by atoms with Crippen molar-refractivity contribution in [2.24, 2.45) is 11.1 Å². The molecule has 1 aliphatic rings. The van der Waals surface area contributed by atoms with Gasteiger partial charge >= 0.3 is 0 Å². The summed E-state index contributed by atoms with van der Waals surface area (Å²) in [5, 5.41) is 0. The van der Waals surface area contributed by atoms with Crippen molar-refractivity contribution < 1.29 is 9.53 Å². The monoisotopic (exact) mass is 320 g/mol. The van der Waals surface area contributed by atoms with Crippen LogP contribution in [-0.4, -0.2) is 43.2 Å². The fourth-order valence-electron chi connectivity index (χ4n) is 3.01. The second-order valence-corrected chi connectivity index (χ2v) is 5.93. The summed E-state index contributed by atoms with van der Waals surface area (Å²) < 4.78 is 5.79. The van der Waals surface area contributed by atoms with Gasteiger partial charge in [-0.3, -0.25) is 4.79 Å². The number of rotatable bonds is 8. The van der Waals surface area contributed by atoms with Gasteiger partial charge in [0, 0.05) is 26.2 Å². The first-order chi connectivity index (χ1) is 9.63. The second kappa shape index (κ2) is 10.4. The van der Waals surface area contributed by atoms with Crippen LogP contribution in [0.3, 0.4) is 0 Å². The van der Waals surface area contributed by atoms with E-state index in [9.17, 15) is 4.79 Å². The maximum absolute atomic E-state index is 12.9. The third kappa shape index (κ3) is 5.42. The van der Waals surface area contributed by atoms with Gasteiger partial charge in [0.15, 0.2) is 0 Å². The molecule has 21 heavy (non-hydrogen) atoms. The Morgan fingerprint density at radius 2 is 1.95 bits per heavy atom. The van der Waals surface area contributed by atoms with Gasteiger partial charge in [-0.1, -0.05) is 20.8 Å². The Morgan fingerprint density at radius 1 is 1.29 bits per heavy atom. The molecule has 1 heterocycles. The third-order valence-corrected chi connectivity index (χ3v) is 4.68. The molecule has 4 nitrogen and oxygen atoms in total. The van der Waals surface area contributed by atoms with Crippen molar-refractivity contribution >= 4 is 18.3 Å². The van der Waals surface area contributed by atoms with Crippen LogP contribution in [0.4, 0.5) is 0 Å². The minimum atomic E-state index is -0.385. The molecule has 0 aromatic heterocycles. The van der Waals surface area contributed by atoms with Crippen LogP contribution in [0.2, 0.25) is 0 Å². The zero-order chi connectivity index (χ0) is 15.0. The van der Waals surface area contributed by atoms with E-state index in [1.54, 1.807) is 0 Å². The molecule has 0 aliphatic carbocycles. The van der Waals surface area contributed by atoms with Gasteiger partial charge < -0.3 is 15.4 Å². The molecule has 1 unspecified atom stereocenters. The third-order valence-electron chi connectivity index (χ3n) is 4.68. The Bertz CT molecular complexity index is 282. The summed E-state index contributed by atoms with van der Waals surface area (Å²) in [4.78, 5) is 14.9. The average molecular weight is 321 g/mol. The van der Waals surface area contributed by atoms with Gasteiger partial charge in [0.1, 0.15) is 0 Å². The van der Waals surface area contributed by atoms with Crippen LogP contribution >= 0.6 is 12.4 Å². The maximum Gasteiger partial charge on any atom is 0.230 e. The highest BCUT2D eigenvalue weighted by molar-refractivity contribution is 5.85. The number of nitrogens with zero attached hydrogens (tertiary/aromatic N) is 1. The zero-order valence-corrected chi connectivity index (χ0v) is 14.7. The lowest BCUT2D eigenvalue weighted by Crippen LogP contribution is -2.50. The number of hydrogen-bond donors (Lipinski definition) is 1. The Balaban J connectivity index is 0.00000400. The number of halogens is 1. The molecule has 0 aromatic carbocycles. The van der Waals surface area contributed by atoms with Crippen LogP contribution in [-0.2, 0) is 9.53 Å². The summed E-state index contributed by atoms with van der Waals surface area (Å²) in [6.45, 7) is 9.05. The van der Waals surface area contributed by atoms with E-state index in [-0.39, 0.29) is 29.8 Å². The van der Waals surface area contributed by atoms with E-state index in [0.29, 0.717) is 6.54 Å². The van der Waals surface area contributed by atoms with Gasteiger partial charge in [0.25, 0.3) is 0 Å². The SMILES string of the molecule is CCCN(CC1CCCCO1)C(=O)C(CC)(CC)CN.Cl. The largest absolute Gasteiger partial charge is 0.376 e. The molecule has 1 rings (SSSR count). The molecular formula is C16H33ClN2O2. The summed E-state index contributed by atoms with van der Waals surface area (Å²) in [5.74, 6) is 0.223. The average Bonchev–Trinajstić information content (AvgIpc) is 2.50. The summed E-state index contributed by atoms with van der Waals surface area (Å²) in [7, 11) is 0. The molecule has 1 aliphatic heterocycles. The molecule has 0 bridgehead atoms. The summed E-state index contributed by atoms with van der Waals surface area (Å²) in [5.41, 5.74) is 5.53. The van der Waals surface area contributed by atoms with E-state index in [0.717, 1.165) is 51.8 Å². The molecule has 0 aromatic rings. The Kier molecular flexibility index (Phi) is 10.3. The van der Waals surface area contributed by atoms with Crippen molar-refractivity contribution in [1.82, 2.24) is 4.90 Å². The van der Waals surface area contributed by atoms with Crippen molar-refractivity contribution in [3.05, 3.63) is 0 Å². The Morgan fingerprint density at radius 3 is 2.38 bits per heavy atom. The van der Waals surface area contributed by atoms with Gasteiger partial charge in [0.05, 0.1) is 11.5 Å². The van der Waals surface area contributed by atoms with Crippen molar-refractivity contribution in [2.75, 3.05) is 26.2 Å². The fraction of sp³-hybridized carbons (Fsp3) is 0.938. The molecule has 2 N–H and O–H groups in total. The molecule has 1 amide bonds. The van der Waals surface area contributed by atoms with Gasteiger partial charge in [-0.2, -0.15) is 0 Å². The lowest BCUT2D eigenvalue weighted by atomic mass is 9.80. The molecule has 126 valence electrons. The lowest BCUT2D eigenvalue weighted by Gasteiger charge is -2.37. The molecule has 1 fully saturated rings. The summed E-state index contributed by atoms with van der Waals surface area (Å²) in [6.07, 6.45) is 6.24. The van der Waals surface area contributed by atoms with Gasteiger partial charge in [0.2, 0.25) is 5.91 Å². The van der Waals surface area contributed by atoms with E-state index in [1.807, 2.05) is 4.90 Å². The Labute approximate surface area is 136 Å². The second-order valence-electron chi connectivity index (χ2n) is 5.93. The molecule has 0 saturated carbocycles. The van der Waals surface area contributed by atoms with Crippen LogP contribution in [0.1, 0.15) is 59.3 Å². The standard InChI is InChI=1S/C16H32N2O2.ClH/c1-4-10-18(12-14-9-7-8-11-20-14)15(19)16(5-2,6-3)13-17;/h14H,4-13,17H2,1-3H3;1H. The first-order valence-electron chi connectivity index (χ1n) is 8.24. The number of carbonyl (C=O) groups is 1. The summed E-state index contributed by atoms with van der Waals surface area (Å²) in [6, 6.07) is 0. The topological polar surface area (TPSA) is 55.6 Å². The highest BCUT2D eigenvalue weighted by Gasteiger charge is 2.37. The van der Waals surface area contributed by atoms with Gasteiger partial charge in [-0.15, -0.1) is 12.4 Å². The molecule has 1 saturated heterocycles. The Hall–Kier alpha value is -0.320. The highest BCUT2D eigenvalue weighted by atomic mass is 35.5. The number of carbonyl (C=O) groups excluding carboxylic acids is 1.